The van der Waals surface area contributed by atoms with E-state index in [-0.39, 0.29) is 13.2 Å². The molecule has 2 saturated heterocycles. The van der Waals surface area contributed by atoms with E-state index in [1.165, 1.54) is 18.7 Å². The van der Waals surface area contributed by atoms with Crippen molar-refractivity contribution in [2.45, 2.75) is 177 Å². The Balaban J connectivity index is 1.88. The van der Waals surface area contributed by atoms with Gasteiger partial charge >= 0.3 is 11.9 Å². The van der Waals surface area contributed by atoms with Crippen molar-refractivity contribution in [3.05, 3.63) is 60.2 Å². The van der Waals surface area contributed by atoms with Gasteiger partial charge in [-0.15, -0.1) is 0 Å². The molecule has 2 aromatic rings. The van der Waals surface area contributed by atoms with Gasteiger partial charge in [0.25, 0.3) is 0 Å². The van der Waals surface area contributed by atoms with Crippen LogP contribution in [0.2, 0.25) is 54.4 Å². The third-order valence-corrected chi connectivity index (χ3v) is 28.1. The molecule has 4 rings (SSSR count). The van der Waals surface area contributed by atoms with E-state index in [4.69, 9.17) is 41.7 Å². The van der Waals surface area contributed by atoms with E-state index in [0.717, 1.165) is 59.3 Å². The van der Waals surface area contributed by atoms with Crippen molar-refractivity contribution in [2.75, 3.05) is 20.3 Å². The molecule has 0 unspecified atom stereocenters. The van der Waals surface area contributed by atoms with Gasteiger partial charge in [0.2, 0.25) is 0 Å². The van der Waals surface area contributed by atoms with Crippen molar-refractivity contribution < 1.29 is 51.3 Å². The van der Waals surface area contributed by atoms with Crippen molar-refractivity contribution in [1.82, 2.24) is 0 Å². The molecule has 8 atom stereocenters. The standard InChI is InChI=1S/C44H72O11SSi3/c1-12-57(13-2,14-3)53-36-31-49-44(56-35-24-22-21-23-25-35)41(50-32(10)45)38(36)52-43-40(51-42(46)33-26-28-34(47-11)29-27-33)39(55-59(18-7,19-8)20-9)37(30-48-43)54-58(15-4,16-5)17-6/h21-29,36-41,43-44H,12-20,30-31H2,1-11H3/t36-,37+,38-,39-,40+,41+,43-,44-/m0/s1. The molecular weight excluding hydrogens is 821 g/mol. The molecule has 0 saturated carbocycles. The molecule has 0 aliphatic carbocycles. The van der Waals surface area contributed by atoms with Crippen molar-refractivity contribution in [1.29, 1.82) is 0 Å². The molecule has 0 amide bonds. The first kappa shape index (κ1) is 49.6. The zero-order valence-electron chi connectivity index (χ0n) is 37.5. The first-order valence-electron chi connectivity index (χ1n) is 22.0. The molecule has 11 nitrogen and oxygen atoms in total. The van der Waals surface area contributed by atoms with Gasteiger partial charge in [0.15, 0.2) is 43.5 Å². The number of esters is 2. The molecule has 0 radical (unpaired) electrons. The van der Waals surface area contributed by atoms with Crippen LogP contribution in [0, 0.1) is 0 Å². The fourth-order valence-electron chi connectivity index (χ4n) is 8.29. The van der Waals surface area contributed by atoms with Crippen molar-refractivity contribution in [3.8, 4) is 5.75 Å². The normalized spacial score (nSPS) is 25.3. The molecular formula is C44H72O11SSi3. The molecule has 2 heterocycles. The van der Waals surface area contributed by atoms with Gasteiger partial charge in [0.1, 0.15) is 23.4 Å². The van der Waals surface area contributed by atoms with Gasteiger partial charge in [-0.05, 0) is 90.8 Å². The lowest BCUT2D eigenvalue weighted by molar-refractivity contribution is -0.305. The Morgan fingerprint density at radius 2 is 1.10 bits per heavy atom. The molecule has 2 aromatic carbocycles. The molecule has 2 aliphatic heterocycles. The minimum atomic E-state index is -2.36. The maximum atomic E-state index is 14.3. The van der Waals surface area contributed by atoms with E-state index in [0.29, 0.717) is 11.3 Å². The molecule has 2 aliphatic rings. The Labute approximate surface area is 361 Å². The van der Waals surface area contributed by atoms with Crippen LogP contribution in [-0.2, 0) is 41.8 Å². The van der Waals surface area contributed by atoms with Crippen LogP contribution >= 0.6 is 11.8 Å². The number of carbonyl (C=O) groups is 2. The second-order valence-corrected chi connectivity index (χ2v) is 31.1. The predicted octanol–water partition coefficient (Wildman–Crippen LogP) is 10.2. The minimum Gasteiger partial charge on any atom is -0.497 e. The number of methoxy groups -OCH3 is 1. The molecule has 0 N–H and O–H groups in total. The third-order valence-electron chi connectivity index (χ3n) is 12.9. The zero-order chi connectivity index (χ0) is 43.2. The third kappa shape index (κ3) is 12.5. The second-order valence-electron chi connectivity index (χ2n) is 15.7. The zero-order valence-corrected chi connectivity index (χ0v) is 41.3. The fraction of sp³-hybridized carbons (Fsp3) is 0.682. The summed E-state index contributed by atoms with van der Waals surface area (Å²) in [6, 6.07) is 24.9. The van der Waals surface area contributed by atoms with E-state index >= 15 is 0 Å². The molecule has 15 heteroatoms. The van der Waals surface area contributed by atoms with Crippen LogP contribution in [0.3, 0.4) is 0 Å². The quantitative estimate of drug-likeness (QED) is 0.0781. The number of ether oxygens (including phenoxy) is 6. The lowest BCUT2D eigenvalue weighted by atomic mass is 10.0. The first-order valence-corrected chi connectivity index (χ1v) is 30.5. The summed E-state index contributed by atoms with van der Waals surface area (Å²) in [4.78, 5) is 28.2. The van der Waals surface area contributed by atoms with E-state index in [9.17, 15) is 9.59 Å². The summed E-state index contributed by atoms with van der Waals surface area (Å²) in [5.74, 6) is -0.393. The van der Waals surface area contributed by atoms with Gasteiger partial charge < -0.3 is 41.7 Å². The second kappa shape index (κ2) is 23.4. The Kier molecular flexibility index (Phi) is 19.7. The highest BCUT2D eigenvalue weighted by molar-refractivity contribution is 7.99. The number of rotatable bonds is 23. The maximum absolute atomic E-state index is 14.3. The number of hydrogen-bond acceptors (Lipinski definition) is 12. The van der Waals surface area contributed by atoms with Gasteiger partial charge in [-0.3, -0.25) is 4.79 Å². The monoisotopic (exact) mass is 892 g/mol. The highest BCUT2D eigenvalue weighted by Gasteiger charge is 2.54. The average Bonchev–Trinajstić information content (AvgIpc) is 3.27. The average molecular weight is 893 g/mol. The lowest BCUT2D eigenvalue weighted by Gasteiger charge is -2.50. The van der Waals surface area contributed by atoms with Gasteiger partial charge in [0.05, 0.1) is 38.1 Å². The van der Waals surface area contributed by atoms with Crippen LogP contribution in [0.1, 0.15) is 79.6 Å². The Morgan fingerprint density at radius 1 is 0.610 bits per heavy atom. The van der Waals surface area contributed by atoms with E-state index in [1.807, 2.05) is 30.3 Å². The van der Waals surface area contributed by atoms with Gasteiger partial charge in [-0.25, -0.2) is 4.79 Å². The Morgan fingerprint density at radius 3 is 1.59 bits per heavy atom. The van der Waals surface area contributed by atoms with Crippen LogP contribution in [-0.4, -0.2) is 106 Å². The summed E-state index contributed by atoms with van der Waals surface area (Å²) < 4.78 is 60.5. The molecule has 0 aromatic heterocycles. The van der Waals surface area contributed by atoms with Crippen LogP contribution in [0.25, 0.3) is 0 Å². The topological polar surface area (TPSA) is 117 Å². The summed E-state index contributed by atoms with van der Waals surface area (Å²) >= 11 is 1.47. The summed E-state index contributed by atoms with van der Waals surface area (Å²) in [6.45, 7) is 21.5. The Bertz CT molecular complexity index is 1530. The van der Waals surface area contributed by atoms with E-state index in [1.54, 1.807) is 31.4 Å². The molecule has 0 spiro atoms. The largest absolute Gasteiger partial charge is 0.497 e. The Hall–Kier alpha value is -2.06. The van der Waals surface area contributed by atoms with E-state index < -0.39 is 85.2 Å². The van der Waals surface area contributed by atoms with Crippen molar-refractivity contribution in [2.24, 2.45) is 0 Å². The van der Waals surface area contributed by atoms with Crippen LogP contribution < -0.4 is 4.74 Å². The fourth-order valence-corrected chi connectivity index (χ4v) is 17.9. The molecule has 0 bridgehead atoms. The SMILES string of the molecule is CC[Si](CC)(CC)O[C@@H]1[C@@H](OC(=O)c2ccc(OC)cc2)[C@H](O[C@@H]2[C@@H](OC(C)=O)[C@H](Sc3ccccc3)OC[C@@H]2O[Si](CC)(CC)CC)OC[C@H]1O[Si](CC)(CC)CC. The lowest BCUT2D eigenvalue weighted by Crippen LogP contribution is -2.65. The summed E-state index contributed by atoms with van der Waals surface area (Å²) in [7, 11) is -5.26. The summed E-state index contributed by atoms with van der Waals surface area (Å²) in [6.07, 6.45) is -5.66. The molecule has 59 heavy (non-hydrogen) atoms. The van der Waals surface area contributed by atoms with Crippen molar-refractivity contribution in [3.63, 3.8) is 0 Å². The number of benzene rings is 2. The van der Waals surface area contributed by atoms with Crippen LogP contribution in [0.4, 0.5) is 0 Å². The van der Waals surface area contributed by atoms with Crippen LogP contribution in [0.5, 0.6) is 5.75 Å². The molecule has 332 valence electrons. The highest BCUT2D eigenvalue weighted by Crippen LogP contribution is 2.40. The van der Waals surface area contributed by atoms with Crippen LogP contribution in [0.15, 0.2) is 59.5 Å². The highest BCUT2D eigenvalue weighted by atomic mass is 32.2. The van der Waals surface area contributed by atoms with E-state index in [2.05, 4.69) is 62.3 Å². The summed E-state index contributed by atoms with van der Waals surface area (Å²) in [5.41, 5.74) is -0.269. The predicted molar refractivity (Wildman–Crippen MR) is 241 cm³/mol. The van der Waals surface area contributed by atoms with Gasteiger partial charge in [-0.2, -0.15) is 0 Å². The van der Waals surface area contributed by atoms with Gasteiger partial charge in [-0.1, -0.05) is 92.3 Å². The number of thioether (sulfide) groups is 1. The minimum absolute atomic E-state index is 0.176. The number of hydrogen-bond donors (Lipinski definition) is 0. The van der Waals surface area contributed by atoms with Crippen molar-refractivity contribution >= 4 is 48.7 Å². The first-order chi connectivity index (χ1) is 28.4. The molecule has 2 fully saturated rings. The van der Waals surface area contributed by atoms with Gasteiger partial charge in [0, 0.05) is 11.8 Å². The summed E-state index contributed by atoms with van der Waals surface area (Å²) in [5, 5.41) is 0. The maximum Gasteiger partial charge on any atom is 0.338 e. The smallest absolute Gasteiger partial charge is 0.338 e. The number of carbonyl (C=O) groups excluding carboxylic acids is 2.